The fourth-order valence-electron chi connectivity index (χ4n) is 3.54. The Morgan fingerprint density at radius 3 is 2.71 bits per heavy atom. The molecule has 4 nitrogen and oxygen atoms in total. The summed E-state index contributed by atoms with van der Waals surface area (Å²) in [5.74, 6) is 1.03. The first kappa shape index (κ1) is 15.5. The zero-order valence-electron chi connectivity index (χ0n) is 14.0. The van der Waals surface area contributed by atoms with E-state index >= 15 is 0 Å². The van der Waals surface area contributed by atoms with Crippen LogP contribution in [0.15, 0.2) is 30.3 Å². The van der Waals surface area contributed by atoms with Gasteiger partial charge >= 0.3 is 0 Å². The highest BCUT2D eigenvalue weighted by atomic mass is 35.5. The standard InChI is InChI=1S/C19H21ClN4/c1-12-10-17(22-16-8-3-4-9-16)24-19(21-12)13(2)18(23-24)14-6-5-7-15(20)11-14/h5-7,10-11,16,22H,3-4,8-9H2,1-2H3. The van der Waals surface area contributed by atoms with Gasteiger partial charge in [-0.2, -0.15) is 9.61 Å². The molecule has 24 heavy (non-hydrogen) atoms. The van der Waals surface area contributed by atoms with Crippen molar-refractivity contribution in [3.63, 3.8) is 0 Å². The van der Waals surface area contributed by atoms with E-state index in [1.165, 1.54) is 25.7 Å². The topological polar surface area (TPSA) is 42.2 Å². The molecule has 1 N–H and O–H groups in total. The fourth-order valence-corrected chi connectivity index (χ4v) is 3.73. The lowest BCUT2D eigenvalue weighted by Gasteiger charge is -2.14. The van der Waals surface area contributed by atoms with Crippen LogP contribution in [0.25, 0.3) is 16.9 Å². The molecule has 0 unspecified atom stereocenters. The number of hydrogen-bond donors (Lipinski definition) is 1. The van der Waals surface area contributed by atoms with Crippen LogP contribution in [0.4, 0.5) is 5.82 Å². The Morgan fingerprint density at radius 2 is 1.96 bits per heavy atom. The zero-order chi connectivity index (χ0) is 16.7. The van der Waals surface area contributed by atoms with Gasteiger partial charge in [-0.3, -0.25) is 0 Å². The maximum absolute atomic E-state index is 6.15. The average Bonchev–Trinajstić information content (AvgIpc) is 3.16. The van der Waals surface area contributed by atoms with Crippen LogP contribution in [0, 0.1) is 13.8 Å². The first-order valence-corrected chi connectivity index (χ1v) is 8.89. The lowest BCUT2D eigenvalue weighted by atomic mass is 10.1. The third-order valence-electron chi connectivity index (χ3n) is 4.75. The van der Waals surface area contributed by atoms with E-state index < -0.39 is 0 Å². The summed E-state index contributed by atoms with van der Waals surface area (Å²) in [6.07, 6.45) is 5.06. The molecule has 0 spiro atoms. The Labute approximate surface area is 146 Å². The van der Waals surface area contributed by atoms with Crippen molar-refractivity contribution in [1.29, 1.82) is 0 Å². The first-order chi connectivity index (χ1) is 11.6. The third-order valence-corrected chi connectivity index (χ3v) is 4.99. The molecule has 2 heterocycles. The minimum atomic E-state index is 0.536. The molecule has 0 radical (unpaired) electrons. The molecular weight excluding hydrogens is 320 g/mol. The van der Waals surface area contributed by atoms with Crippen LogP contribution < -0.4 is 5.32 Å². The van der Waals surface area contributed by atoms with Gasteiger partial charge in [0.1, 0.15) is 5.82 Å². The van der Waals surface area contributed by atoms with Gasteiger partial charge in [-0.1, -0.05) is 36.6 Å². The van der Waals surface area contributed by atoms with Gasteiger partial charge < -0.3 is 5.32 Å². The lowest BCUT2D eigenvalue weighted by Crippen LogP contribution is -2.17. The molecule has 0 saturated heterocycles. The molecule has 0 amide bonds. The summed E-state index contributed by atoms with van der Waals surface area (Å²) in [5.41, 5.74) is 4.95. The molecule has 1 aliphatic rings. The number of anilines is 1. The Balaban J connectivity index is 1.84. The van der Waals surface area contributed by atoms with E-state index in [2.05, 4.69) is 18.3 Å². The Kier molecular flexibility index (Phi) is 3.93. The van der Waals surface area contributed by atoms with Crippen molar-refractivity contribution < 1.29 is 0 Å². The maximum Gasteiger partial charge on any atom is 0.161 e. The molecule has 0 aliphatic heterocycles. The maximum atomic E-state index is 6.15. The highest BCUT2D eigenvalue weighted by Crippen LogP contribution is 2.29. The number of aryl methyl sites for hydroxylation is 2. The molecule has 0 bridgehead atoms. The fraction of sp³-hybridized carbons (Fsp3) is 0.368. The predicted octanol–water partition coefficient (Wildman–Crippen LogP) is 5.02. The lowest BCUT2D eigenvalue weighted by molar-refractivity contribution is 0.740. The summed E-state index contributed by atoms with van der Waals surface area (Å²) in [6.45, 7) is 4.11. The van der Waals surface area contributed by atoms with Crippen molar-refractivity contribution in [2.75, 3.05) is 5.32 Å². The highest BCUT2D eigenvalue weighted by molar-refractivity contribution is 6.30. The van der Waals surface area contributed by atoms with E-state index in [0.29, 0.717) is 6.04 Å². The van der Waals surface area contributed by atoms with E-state index in [1.54, 1.807) is 0 Å². The largest absolute Gasteiger partial charge is 0.367 e. The summed E-state index contributed by atoms with van der Waals surface area (Å²) in [7, 11) is 0. The Morgan fingerprint density at radius 1 is 1.17 bits per heavy atom. The van der Waals surface area contributed by atoms with Crippen molar-refractivity contribution >= 4 is 23.1 Å². The summed E-state index contributed by atoms with van der Waals surface area (Å²) >= 11 is 6.15. The van der Waals surface area contributed by atoms with Crippen molar-refractivity contribution in [3.8, 4) is 11.3 Å². The number of rotatable bonds is 3. The second-order valence-corrected chi connectivity index (χ2v) is 7.06. The minimum absolute atomic E-state index is 0.536. The number of hydrogen-bond acceptors (Lipinski definition) is 3. The summed E-state index contributed by atoms with van der Waals surface area (Å²) in [5, 5.41) is 9.22. The summed E-state index contributed by atoms with van der Waals surface area (Å²) < 4.78 is 1.94. The molecular formula is C19H21ClN4. The van der Waals surface area contributed by atoms with Gasteiger partial charge in [-0.15, -0.1) is 0 Å². The van der Waals surface area contributed by atoms with Gasteiger partial charge in [0.25, 0.3) is 0 Å². The van der Waals surface area contributed by atoms with Gasteiger partial charge in [0, 0.05) is 34.0 Å². The minimum Gasteiger partial charge on any atom is -0.367 e. The predicted molar refractivity (Wildman–Crippen MR) is 98.8 cm³/mol. The molecule has 4 rings (SSSR count). The highest BCUT2D eigenvalue weighted by Gasteiger charge is 2.19. The second kappa shape index (κ2) is 6.10. The van der Waals surface area contributed by atoms with Crippen LogP contribution in [0.3, 0.4) is 0 Å². The summed E-state index contributed by atoms with van der Waals surface area (Å²) in [4.78, 5) is 4.71. The zero-order valence-corrected chi connectivity index (χ0v) is 14.8. The van der Waals surface area contributed by atoms with E-state index in [1.807, 2.05) is 35.7 Å². The first-order valence-electron chi connectivity index (χ1n) is 8.51. The smallest absolute Gasteiger partial charge is 0.161 e. The molecule has 1 aliphatic carbocycles. The SMILES string of the molecule is Cc1cc(NC2CCCC2)n2nc(-c3cccc(Cl)c3)c(C)c2n1. The average molecular weight is 341 g/mol. The molecule has 2 aromatic heterocycles. The van der Waals surface area contributed by atoms with E-state index in [-0.39, 0.29) is 0 Å². The van der Waals surface area contributed by atoms with Gasteiger partial charge in [0.15, 0.2) is 5.65 Å². The van der Waals surface area contributed by atoms with Crippen molar-refractivity contribution in [1.82, 2.24) is 14.6 Å². The number of fused-ring (bicyclic) bond motifs is 1. The van der Waals surface area contributed by atoms with Crippen LogP contribution in [-0.2, 0) is 0 Å². The number of benzene rings is 1. The monoisotopic (exact) mass is 340 g/mol. The van der Waals surface area contributed by atoms with Gasteiger partial charge in [-0.25, -0.2) is 4.98 Å². The number of halogens is 1. The molecule has 1 fully saturated rings. The molecule has 124 valence electrons. The van der Waals surface area contributed by atoms with Crippen LogP contribution in [0.2, 0.25) is 5.02 Å². The van der Waals surface area contributed by atoms with Gasteiger partial charge in [0.2, 0.25) is 0 Å². The van der Waals surface area contributed by atoms with Gasteiger partial charge in [0.05, 0.1) is 5.69 Å². The Bertz CT molecular complexity index is 894. The number of aromatic nitrogens is 3. The van der Waals surface area contributed by atoms with Crippen molar-refractivity contribution in [2.45, 2.75) is 45.6 Å². The molecule has 5 heteroatoms. The second-order valence-electron chi connectivity index (χ2n) is 6.63. The molecule has 1 saturated carbocycles. The number of nitrogens with one attached hydrogen (secondary N) is 1. The van der Waals surface area contributed by atoms with Crippen molar-refractivity contribution in [2.24, 2.45) is 0 Å². The third kappa shape index (κ3) is 2.75. The molecule has 3 aromatic rings. The van der Waals surface area contributed by atoms with Gasteiger partial charge in [-0.05, 0) is 38.8 Å². The van der Waals surface area contributed by atoms with Crippen molar-refractivity contribution in [3.05, 3.63) is 46.6 Å². The van der Waals surface area contributed by atoms with Crippen LogP contribution in [-0.4, -0.2) is 20.6 Å². The quantitative estimate of drug-likeness (QED) is 0.727. The van der Waals surface area contributed by atoms with Crippen LogP contribution >= 0.6 is 11.6 Å². The van der Waals surface area contributed by atoms with Crippen LogP contribution in [0.5, 0.6) is 0 Å². The van der Waals surface area contributed by atoms with E-state index in [0.717, 1.165) is 39.0 Å². The Hall–Kier alpha value is -2.07. The number of nitrogens with zero attached hydrogens (tertiary/aromatic N) is 3. The summed E-state index contributed by atoms with van der Waals surface area (Å²) in [6, 6.07) is 10.4. The molecule has 1 aromatic carbocycles. The van der Waals surface area contributed by atoms with E-state index in [4.69, 9.17) is 21.7 Å². The van der Waals surface area contributed by atoms with Crippen LogP contribution in [0.1, 0.15) is 36.9 Å². The molecule has 0 atom stereocenters. The van der Waals surface area contributed by atoms with E-state index in [9.17, 15) is 0 Å². The normalized spacial score (nSPS) is 15.3.